The van der Waals surface area contributed by atoms with E-state index in [2.05, 4.69) is 16.0 Å². The predicted molar refractivity (Wildman–Crippen MR) is 165 cm³/mol. The Morgan fingerprint density at radius 2 is 1.56 bits per heavy atom. The van der Waals surface area contributed by atoms with Crippen LogP contribution in [0, 0.1) is 6.92 Å². The molecule has 7 nitrogen and oxygen atoms in total. The van der Waals surface area contributed by atoms with Crippen LogP contribution in [0.1, 0.15) is 21.5 Å². The van der Waals surface area contributed by atoms with E-state index in [4.69, 9.17) is 16.3 Å². The second kappa shape index (κ2) is 14.2. The normalized spacial score (nSPS) is 11.0. The highest BCUT2D eigenvalue weighted by Gasteiger charge is 2.15. The van der Waals surface area contributed by atoms with Crippen LogP contribution in [0.4, 0.5) is 11.4 Å². The lowest BCUT2D eigenvalue weighted by Crippen LogP contribution is -2.30. The summed E-state index contributed by atoms with van der Waals surface area (Å²) < 4.78 is 5.20. The SMILES string of the molecule is COc1ccc(/C=C(\NC(=O)c2ccccc2)C(=O)Nc2ccc(SCC(=O)Nc3cccc(Cl)c3C)cc2)cc1. The third kappa shape index (κ3) is 8.48. The largest absolute Gasteiger partial charge is 0.497 e. The number of carbonyl (C=O) groups is 3. The maximum Gasteiger partial charge on any atom is 0.272 e. The standard InChI is InChI=1S/C32H28ClN3O4S/c1-21-27(33)9-6-10-28(21)35-30(37)20-41-26-17-13-24(14-18-26)34-32(39)29(19-22-11-15-25(40-2)16-12-22)36-31(38)23-7-4-3-5-8-23/h3-19H,20H2,1-2H3,(H,34,39)(H,35,37)(H,36,38)/b29-19-. The molecule has 208 valence electrons. The van der Waals surface area contributed by atoms with Gasteiger partial charge in [-0.1, -0.05) is 48.0 Å². The molecule has 0 spiro atoms. The summed E-state index contributed by atoms with van der Waals surface area (Å²) in [4.78, 5) is 39.4. The quantitative estimate of drug-likeness (QED) is 0.140. The van der Waals surface area contributed by atoms with Crippen molar-refractivity contribution < 1.29 is 19.1 Å². The van der Waals surface area contributed by atoms with Crippen LogP contribution >= 0.6 is 23.4 Å². The number of nitrogens with one attached hydrogen (secondary N) is 3. The van der Waals surface area contributed by atoms with E-state index in [0.717, 1.165) is 10.5 Å². The smallest absolute Gasteiger partial charge is 0.272 e. The number of anilines is 2. The molecular weight excluding hydrogens is 558 g/mol. The van der Waals surface area contributed by atoms with Crippen molar-refractivity contribution in [3.63, 3.8) is 0 Å². The fourth-order valence-corrected chi connectivity index (χ4v) is 4.59. The summed E-state index contributed by atoms with van der Waals surface area (Å²) in [6.45, 7) is 1.85. The van der Waals surface area contributed by atoms with E-state index in [1.54, 1.807) is 92.0 Å². The average molecular weight is 586 g/mol. The molecule has 0 unspecified atom stereocenters. The van der Waals surface area contributed by atoms with Gasteiger partial charge in [0.25, 0.3) is 11.8 Å². The van der Waals surface area contributed by atoms with Crippen LogP contribution in [0.2, 0.25) is 5.02 Å². The Labute approximate surface area is 248 Å². The minimum atomic E-state index is -0.484. The molecule has 9 heteroatoms. The first kappa shape index (κ1) is 29.5. The Morgan fingerprint density at radius 3 is 2.24 bits per heavy atom. The Hall–Kier alpha value is -4.53. The van der Waals surface area contributed by atoms with Crippen LogP contribution in [0.3, 0.4) is 0 Å². The lowest BCUT2D eigenvalue weighted by atomic mass is 10.1. The van der Waals surface area contributed by atoms with Gasteiger partial charge in [0, 0.05) is 26.9 Å². The molecule has 0 heterocycles. The van der Waals surface area contributed by atoms with Crippen LogP contribution in [0.5, 0.6) is 5.75 Å². The molecule has 0 aromatic heterocycles. The van der Waals surface area contributed by atoms with Crippen molar-refractivity contribution in [3.05, 3.63) is 124 Å². The average Bonchev–Trinajstić information content (AvgIpc) is 2.99. The van der Waals surface area contributed by atoms with Crippen LogP contribution in [-0.4, -0.2) is 30.6 Å². The van der Waals surface area contributed by atoms with E-state index in [1.807, 2.05) is 25.1 Å². The first-order chi connectivity index (χ1) is 19.8. The minimum absolute atomic E-state index is 0.0791. The summed E-state index contributed by atoms with van der Waals surface area (Å²) in [5, 5.41) is 9.02. The van der Waals surface area contributed by atoms with Gasteiger partial charge in [-0.25, -0.2) is 0 Å². The second-order valence-electron chi connectivity index (χ2n) is 8.88. The van der Waals surface area contributed by atoms with Gasteiger partial charge in [-0.2, -0.15) is 0 Å². The molecule has 0 saturated carbocycles. The molecule has 3 N–H and O–H groups in total. The lowest BCUT2D eigenvalue weighted by molar-refractivity contribution is -0.114. The Kier molecular flexibility index (Phi) is 10.2. The summed E-state index contributed by atoms with van der Waals surface area (Å²) in [7, 11) is 1.57. The molecule has 0 aliphatic heterocycles. The highest BCUT2D eigenvalue weighted by molar-refractivity contribution is 8.00. The van der Waals surface area contributed by atoms with Crippen molar-refractivity contribution >= 4 is 58.5 Å². The third-order valence-electron chi connectivity index (χ3n) is 5.98. The van der Waals surface area contributed by atoms with Crippen molar-refractivity contribution in [2.24, 2.45) is 0 Å². The van der Waals surface area contributed by atoms with E-state index in [9.17, 15) is 14.4 Å². The number of benzene rings is 4. The van der Waals surface area contributed by atoms with Gasteiger partial charge in [0.2, 0.25) is 5.91 Å². The van der Waals surface area contributed by atoms with Crippen LogP contribution in [0.25, 0.3) is 6.08 Å². The van der Waals surface area contributed by atoms with Crippen molar-refractivity contribution in [3.8, 4) is 5.75 Å². The van der Waals surface area contributed by atoms with E-state index in [1.165, 1.54) is 11.8 Å². The van der Waals surface area contributed by atoms with Crippen molar-refractivity contribution in [2.45, 2.75) is 11.8 Å². The maximum atomic E-state index is 13.2. The van der Waals surface area contributed by atoms with Gasteiger partial charge in [-0.05, 0) is 84.8 Å². The molecule has 0 fully saturated rings. The predicted octanol–water partition coefficient (Wildman–Crippen LogP) is 6.80. The molecule has 3 amide bonds. The zero-order chi connectivity index (χ0) is 29.2. The highest BCUT2D eigenvalue weighted by atomic mass is 35.5. The number of rotatable bonds is 10. The molecule has 41 heavy (non-hydrogen) atoms. The number of hydrogen-bond donors (Lipinski definition) is 3. The Morgan fingerprint density at radius 1 is 0.854 bits per heavy atom. The Balaban J connectivity index is 1.41. The fraction of sp³-hybridized carbons (Fsp3) is 0.0938. The number of ether oxygens (including phenoxy) is 1. The van der Waals surface area contributed by atoms with E-state index < -0.39 is 11.8 Å². The molecule has 0 saturated heterocycles. The monoisotopic (exact) mass is 585 g/mol. The van der Waals surface area contributed by atoms with Gasteiger partial charge < -0.3 is 20.7 Å². The topological polar surface area (TPSA) is 96.5 Å². The summed E-state index contributed by atoms with van der Waals surface area (Å²) in [5.74, 6) is -0.158. The fourth-order valence-electron chi connectivity index (χ4n) is 3.72. The zero-order valence-electron chi connectivity index (χ0n) is 22.4. The molecule has 0 aliphatic rings. The van der Waals surface area contributed by atoms with Gasteiger partial charge in [0.15, 0.2) is 0 Å². The highest BCUT2D eigenvalue weighted by Crippen LogP contribution is 2.25. The second-order valence-corrected chi connectivity index (χ2v) is 10.3. The molecule has 0 atom stereocenters. The van der Waals surface area contributed by atoms with Gasteiger partial charge >= 0.3 is 0 Å². The first-order valence-corrected chi connectivity index (χ1v) is 14.0. The molecule has 0 radical (unpaired) electrons. The molecule has 0 aliphatic carbocycles. The third-order valence-corrected chi connectivity index (χ3v) is 7.40. The molecule has 4 aromatic rings. The van der Waals surface area contributed by atoms with Gasteiger partial charge in [0.1, 0.15) is 11.4 Å². The number of halogens is 1. The molecular formula is C32H28ClN3O4S. The first-order valence-electron chi connectivity index (χ1n) is 12.6. The number of hydrogen-bond acceptors (Lipinski definition) is 5. The molecule has 4 rings (SSSR count). The van der Waals surface area contributed by atoms with Crippen LogP contribution in [0.15, 0.2) is 108 Å². The molecule has 0 bridgehead atoms. The summed E-state index contributed by atoms with van der Waals surface area (Å²) in [6, 6.07) is 28.3. The van der Waals surface area contributed by atoms with E-state index in [0.29, 0.717) is 33.3 Å². The van der Waals surface area contributed by atoms with E-state index in [-0.39, 0.29) is 17.4 Å². The number of amides is 3. The van der Waals surface area contributed by atoms with Crippen molar-refractivity contribution in [1.29, 1.82) is 0 Å². The summed E-state index contributed by atoms with van der Waals surface area (Å²) in [6.07, 6.45) is 1.60. The van der Waals surface area contributed by atoms with Crippen LogP contribution < -0.4 is 20.7 Å². The maximum absolute atomic E-state index is 13.2. The number of carbonyl (C=O) groups excluding carboxylic acids is 3. The van der Waals surface area contributed by atoms with Crippen molar-refractivity contribution in [1.82, 2.24) is 5.32 Å². The van der Waals surface area contributed by atoms with Gasteiger partial charge in [-0.15, -0.1) is 11.8 Å². The number of thioether (sulfide) groups is 1. The summed E-state index contributed by atoms with van der Waals surface area (Å²) in [5.41, 5.74) is 3.24. The Bertz CT molecular complexity index is 1560. The minimum Gasteiger partial charge on any atom is -0.497 e. The summed E-state index contributed by atoms with van der Waals surface area (Å²) >= 11 is 7.50. The van der Waals surface area contributed by atoms with Gasteiger partial charge in [0.05, 0.1) is 12.9 Å². The van der Waals surface area contributed by atoms with Crippen LogP contribution in [-0.2, 0) is 9.59 Å². The van der Waals surface area contributed by atoms with Gasteiger partial charge in [-0.3, -0.25) is 14.4 Å². The van der Waals surface area contributed by atoms with Crippen molar-refractivity contribution in [2.75, 3.05) is 23.5 Å². The van der Waals surface area contributed by atoms with E-state index >= 15 is 0 Å². The number of methoxy groups -OCH3 is 1. The molecule has 4 aromatic carbocycles. The zero-order valence-corrected chi connectivity index (χ0v) is 24.0. The lowest BCUT2D eigenvalue weighted by Gasteiger charge is -2.12.